The van der Waals surface area contributed by atoms with E-state index in [4.69, 9.17) is 0 Å². The first-order chi connectivity index (χ1) is 12.3. The Labute approximate surface area is 146 Å². The smallest absolute Gasteiger partial charge is 0.161 e. The Balaban J connectivity index is 1.71. The molecule has 0 aliphatic heterocycles. The average molecular weight is 329 g/mol. The first kappa shape index (κ1) is 15.3. The van der Waals surface area contributed by atoms with Gasteiger partial charge >= 0.3 is 0 Å². The summed E-state index contributed by atoms with van der Waals surface area (Å²) in [6.45, 7) is 0. The van der Waals surface area contributed by atoms with Crippen LogP contribution in [0.2, 0.25) is 0 Å². The van der Waals surface area contributed by atoms with Gasteiger partial charge in [0, 0.05) is 19.4 Å². The summed E-state index contributed by atoms with van der Waals surface area (Å²) in [5.74, 6) is 0.817. The first-order valence-corrected chi connectivity index (χ1v) is 8.29. The maximum Gasteiger partial charge on any atom is 0.161 e. The van der Waals surface area contributed by atoms with E-state index in [0.717, 1.165) is 17.9 Å². The van der Waals surface area contributed by atoms with Crippen LogP contribution in [0.5, 0.6) is 0 Å². The Morgan fingerprint density at radius 2 is 1.68 bits per heavy atom. The molecule has 25 heavy (non-hydrogen) atoms. The summed E-state index contributed by atoms with van der Waals surface area (Å²) < 4.78 is 3.88. The van der Waals surface area contributed by atoms with Gasteiger partial charge in [-0.25, -0.2) is 9.67 Å². The molecule has 0 aliphatic carbocycles. The lowest BCUT2D eigenvalue weighted by Crippen LogP contribution is -2.14. The van der Waals surface area contributed by atoms with E-state index in [1.807, 2.05) is 40.8 Å². The van der Waals surface area contributed by atoms with Gasteiger partial charge in [0.2, 0.25) is 0 Å². The van der Waals surface area contributed by atoms with Gasteiger partial charge in [-0.3, -0.25) is 0 Å². The van der Waals surface area contributed by atoms with Crippen molar-refractivity contribution in [1.82, 2.24) is 24.5 Å². The molecule has 0 bridgehead atoms. The van der Waals surface area contributed by atoms with Gasteiger partial charge in [-0.1, -0.05) is 65.9 Å². The number of rotatable bonds is 5. The zero-order valence-corrected chi connectivity index (χ0v) is 14.0. The molecule has 124 valence electrons. The summed E-state index contributed by atoms with van der Waals surface area (Å²) in [6, 6.07) is 21.0. The SMILES string of the molecule is Cn1ccnc1-c1cn([C@H](Cc2ccccc2)c2ccccc2)nn1. The highest BCUT2D eigenvalue weighted by Crippen LogP contribution is 2.24. The average Bonchev–Trinajstić information content (AvgIpc) is 3.30. The lowest BCUT2D eigenvalue weighted by atomic mass is 9.99. The zero-order valence-electron chi connectivity index (χ0n) is 14.0. The predicted molar refractivity (Wildman–Crippen MR) is 97.0 cm³/mol. The van der Waals surface area contributed by atoms with Crippen LogP contribution in [-0.2, 0) is 13.5 Å². The van der Waals surface area contributed by atoms with E-state index in [1.165, 1.54) is 11.1 Å². The molecule has 4 rings (SSSR count). The summed E-state index contributed by atoms with van der Waals surface area (Å²) >= 11 is 0. The highest BCUT2D eigenvalue weighted by Gasteiger charge is 2.18. The van der Waals surface area contributed by atoms with Gasteiger partial charge in [-0.15, -0.1) is 5.10 Å². The fourth-order valence-electron chi connectivity index (χ4n) is 3.02. The Bertz CT molecular complexity index is 940. The van der Waals surface area contributed by atoms with Crippen LogP contribution < -0.4 is 0 Å². The van der Waals surface area contributed by atoms with Crippen LogP contribution in [0.25, 0.3) is 11.5 Å². The third kappa shape index (κ3) is 3.21. The maximum absolute atomic E-state index is 4.40. The molecule has 0 aliphatic rings. The largest absolute Gasteiger partial charge is 0.333 e. The molecule has 1 atom stereocenters. The van der Waals surface area contributed by atoms with Crippen molar-refractivity contribution in [2.75, 3.05) is 0 Å². The summed E-state index contributed by atoms with van der Waals surface area (Å²) in [4.78, 5) is 4.36. The van der Waals surface area contributed by atoms with Gasteiger partial charge in [0.25, 0.3) is 0 Å². The second kappa shape index (κ2) is 6.73. The highest BCUT2D eigenvalue weighted by atomic mass is 15.4. The van der Waals surface area contributed by atoms with E-state index in [9.17, 15) is 0 Å². The van der Waals surface area contributed by atoms with Crippen molar-refractivity contribution in [1.29, 1.82) is 0 Å². The Morgan fingerprint density at radius 3 is 2.36 bits per heavy atom. The quantitative estimate of drug-likeness (QED) is 0.563. The summed E-state index contributed by atoms with van der Waals surface area (Å²) in [5, 5.41) is 8.74. The fourth-order valence-corrected chi connectivity index (χ4v) is 3.02. The standard InChI is InChI=1S/C20H19N5/c1-24-13-12-21-20(24)18-15-25(23-22-18)19(17-10-6-3-7-11-17)14-16-8-4-2-5-9-16/h2-13,15,19H,14H2,1H3/t19-/m1/s1. The van der Waals surface area contributed by atoms with E-state index in [0.29, 0.717) is 0 Å². The van der Waals surface area contributed by atoms with Gasteiger partial charge in [0.15, 0.2) is 5.82 Å². The third-order valence-electron chi connectivity index (χ3n) is 4.34. The topological polar surface area (TPSA) is 48.5 Å². The molecule has 5 nitrogen and oxygen atoms in total. The number of nitrogens with zero attached hydrogens (tertiary/aromatic N) is 5. The normalized spacial score (nSPS) is 12.2. The zero-order chi connectivity index (χ0) is 17.1. The van der Waals surface area contributed by atoms with Crippen LogP contribution in [0.4, 0.5) is 0 Å². The van der Waals surface area contributed by atoms with Crippen molar-refractivity contribution in [3.8, 4) is 11.5 Å². The van der Waals surface area contributed by atoms with E-state index in [2.05, 4.69) is 63.8 Å². The molecular weight excluding hydrogens is 310 g/mol. The molecule has 0 spiro atoms. The van der Waals surface area contributed by atoms with Gasteiger partial charge in [0.1, 0.15) is 5.69 Å². The van der Waals surface area contributed by atoms with Crippen molar-refractivity contribution in [2.45, 2.75) is 12.5 Å². The second-order valence-corrected chi connectivity index (χ2v) is 6.06. The summed E-state index contributed by atoms with van der Waals surface area (Å²) in [5.41, 5.74) is 3.26. The van der Waals surface area contributed by atoms with E-state index >= 15 is 0 Å². The van der Waals surface area contributed by atoms with Crippen LogP contribution in [0.1, 0.15) is 17.2 Å². The van der Waals surface area contributed by atoms with Crippen molar-refractivity contribution < 1.29 is 0 Å². The number of hydrogen-bond acceptors (Lipinski definition) is 3. The Kier molecular flexibility index (Phi) is 4.12. The number of hydrogen-bond donors (Lipinski definition) is 0. The molecule has 0 saturated carbocycles. The minimum absolute atomic E-state index is 0.0881. The van der Waals surface area contributed by atoms with Gasteiger partial charge in [0.05, 0.1) is 12.2 Å². The molecule has 0 unspecified atom stereocenters. The van der Waals surface area contributed by atoms with Crippen LogP contribution >= 0.6 is 0 Å². The van der Waals surface area contributed by atoms with Crippen molar-refractivity contribution >= 4 is 0 Å². The lowest BCUT2D eigenvalue weighted by molar-refractivity contribution is 0.503. The maximum atomic E-state index is 4.40. The predicted octanol–water partition coefficient (Wildman–Crippen LogP) is 3.51. The third-order valence-corrected chi connectivity index (χ3v) is 4.34. The van der Waals surface area contributed by atoms with Crippen molar-refractivity contribution in [3.05, 3.63) is 90.4 Å². The van der Waals surface area contributed by atoms with E-state index in [-0.39, 0.29) is 6.04 Å². The van der Waals surface area contributed by atoms with E-state index < -0.39 is 0 Å². The van der Waals surface area contributed by atoms with Crippen LogP contribution in [0, 0.1) is 0 Å². The first-order valence-electron chi connectivity index (χ1n) is 8.29. The minimum atomic E-state index is 0.0881. The van der Waals surface area contributed by atoms with Crippen LogP contribution in [0.15, 0.2) is 79.3 Å². The number of aryl methyl sites for hydroxylation is 1. The van der Waals surface area contributed by atoms with Crippen molar-refractivity contribution in [3.63, 3.8) is 0 Å². The molecule has 2 heterocycles. The fraction of sp³-hybridized carbons (Fsp3) is 0.150. The molecule has 0 fully saturated rings. The molecule has 5 heteroatoms. The van der Waals surface area contributed by atoms with Gasteiger partial charge < -0.3 is 4.57 Å². The molecule has 0 amide bonds. The number of benzene rings is 2. The Morgan fingerprint density at radius 1 is 0.960 bits per heavy atom. The molecule has 4 aromatic rings. The summed E-state index contributed by atoms with van der Waals surface area (Å²) in [6.07, 6.45) is 6.51. The van der Waals surface area contributed by atoms with E-state index in [1.54, 1.807) is 6.20 Å². The van der Waals surface area contributed by atoms with Crippen LogP contribution in [-0.4, -0.2) is 24.5 Å². The molecule has 2 aromatic carbocycles. The number of imidazole rings is 1. The summed E-state index contributed by atoms with van der Waals surface area (Å²) in [7, 11) is 1.96. The van der Waals surface area contributed by atoms with Crippen LogP contribution in [0.3, 0.4) is 0 Å². The Hall–Kier alpha value is -3.21. The molecule has 0 radical (unpaired) electrons. The lowest BCUT2D eigenvalue weighted by Gasteiger charge is -2.17. The second-order valence-electron chi connectivity index (χ2n) is 6.06. The molecular formula is C20H19N5. The molecule has 0 saturated heterocycles. The molecule has 2 aromatic heterocycles. The number of aromatic nitrogens is 5. The van der Waals surface area contributed by atoms with Crippen molar-refractivity contribution in [2.24, 2.45) is 7.05 Å². The van der Waals surface area contributed by atoms with Gasteiger partial charge in [-0.2, -0.15) is 0 Å². The monoisotopic (exact) mass is 329 g/mol. The molecule has 0 N–H and O–H groups in total. The highest BCUT2D eigenvalue weighted by molar-refractivity contribution is 5.47. The van der Waals surface area contributed by atoms with Gasteiger partial charge in [-0.05, 0) is 17.5 Å². The minimum Gasteiger partial charge on any atom is -0.333 e.